The summed E-state index contributed by atoms with van der Waals surface area (Å²) in [4.78, 5) is 14.8. The third kappa shape index (κ3) is 6.69. The predicted octanol–water partition coefficient (Wildman–Crippen LogP) is 13.7. The molecule has 9 aromatic rings. The first-order valence-electron chi connectivity index (χ1n) is 19.9. The smallest absolute Gasteiger partial charge is 0.160 e. The van der Waals surface area contributed by atoms with Crippen LogP contribution in [0, 0.1) is 11.3 Å². The molecule has 0 saturated carbocycles. The topological polar surface area (TPSA) is 62.5 Å². The number of nitriles is 1. The van der Waals surface area contributed by atoms with Gasteiger partial charge in [0.05, 0.1) is 23.0 Å². The van der Waals surface area contributed by atoms with Gasteiger partial charge in [0.2, 0.25) is 0 Å². The lowest BCUT2D eigenvalue weighted by Gasteiger charge is -2.22. The van der Waals surface area contributed by atoms with Gasteiger partial charge >= 0.3 is 0 Å². The third-order valence-electron chi connectivity index (χ3n) is 11.6. The lowest BCUT2D eigenvalue weighted by molar-refractivity contribution is 0.660. The normalized spacial score (nSPS) is 12.4. The highest BCUT2D eigenvalue weighted by atomic mass is 14.9. The van der Waals surface area contributed by atoms with E-state index in [0.717, 1.165) is 67.0 Å². The van der Waals surface area contributed by atoms with Crippen LogP contribution in [0.15, 0.2) is 194 Å². The van der Waals surface area contributed by atoms with E-state index in [1.54, 1.807) is 6.20 Å². The second-order valence-electron chi connectivity index (χ2n) is 15.6. The average Bonchev–Trinajstić information content (AvgIpc) is 3.54. The summed E-state index contributed by atoms with van der Waals surface area (Å²) in [7, 11) is 0. The molecule has 59 heavy (non-hydrogen) atoms. The number of benzene rings is 7. The minimum atomic E-state index is -0.266. The van der Waals surface area contributed by atoms with Gasteiger partial charge in [-0.2, -0.15) is 5.26 Å². The van der Waals surface area contributed by atoms with Crippen LogP contribution in [0.25, 0.3) is 89.5 Å². The molecule has 0 aliphatic heterocycles. The highest BCUT2D eigenvalue weighted by Crippen LogP contribution is 2.50. The van der Waals surface area contributed by atoms with Gasteiger partial charge in [-0.25, -0.2) is 9.97 Å². The maximum Gasteiger partial charge on any atom is 0.160 e. The second-order valence-corrected chi connectivity index (χ2v) is 15.6. The van der Waals surface area contributed by atoms with E-state index in [4.69, 9.17) is 9.97 Å². The van der Waals surface area contributed by atoms with Crippen LogP contribution in [0.4, 0.5) is 0 Å². The fourth-order valence-corrected chi connectivity index (χ4v) is 8.41. The third-order valence-corrected chi connectivity index (χ3v) is 11.6. The first-order chi connectivity index (χ1) is 28.9. The van der Waals surface area contributed by atoms with E-state index in [1.165, 1.54) is 27.8 Å². The molecular formula is C55H38N4. The maximum absolute atomic E-state index is 9.72. The van der Waals surface area contributed by atoms with Crippen molar-refractivity contribution in [2.75, 3.05) is 0 Å². The van der Waals surface area contributed by atoms with Crippen molar-refractivity contribution >= 4 is 0 Å². The van der Waals surface area contributed by atoms with Gasteiger partial charge in [0.1, 0.15) is 0 Å². The molecule has 4 nitrogen and oxygen atoms in total. The van der Waals surface area contributed by atoms with Crippen molar-refractivity contribution in [2.24, 2.45) is 0 Å². The van der Waals surface area contributed by atoms with Crippen molar-refractivity contribution in [2.45, 2.75) is 19.3 Å². The molecule has 0 atom stereocenters. The molecule has 4 heteroatoms. The van der Waals surface area contributed by atoms with Crippen LogP contribution >= 0.6 is 0 Å². The molecule has 0 bridgehead atoms. The number of fused-ring (bicyclic) bond motifs is 3. The van der Waals surface area contributed by atoms with Gasteiger partial charge in [0.25, 0.3) is 0 Å². The summed E-state index contributed by atoms with van der Waals surface area (Å²) in [6.07, 6.45) is 3.70. The van der Waals surface area contributed by atoms with Gasteiger partial charge in [-0.3, -0.25) is 4.98 Å². The second kappa shape index (κ2) is 14.6. The summed E-state index contributed by atoms with van der Waals surface area (Å²) in [5.74, 6) is 0.673. The van der Waals surface area contributed by atoms with Crippen molar-refractivity contribution in [3.8, 4) is 95.6 Å². The van der Waals surface area contributed by atoms with Gasteiger partial charge < -0.3 is 0 Å². The number of hydrogen-bond acceptors (Lipinski definition) is 4. The standard InChI is InChI=1S/C55H38N4/c1-55(2)50-28-36(34-56)15-25-48(50)49-26-24-43(32-51(49)55)46-29-45(40-18-16-39(17-19-40)44-14-9-27-57-35-44)30-47(31-46)53-33-52(58-54(59-53)42-12-7-4-8-13-42)41-22-20-38(21-23-41)37-10-5-3-6-11-37/h3-33,35H,1-2H3. The number of rotatable bonds is 7. The van der Waals surface area contributed by atoms with Crippen LogP contribution in [0.1, 0.15) is 30.5 Å². The van der Waals surface area contributed by atoms with E-state index >= 15 is 0 Å². The van der Waals surface area contributed by atoms with Crippen molar-refractivity contribution in [3.63, 3.8) is 0 Å². The largest absolute Gasteiger partial charge is 0.264 e. The monoisotopic (exact) mass is 754 g/mol. The highest BCUT2D eigenvalue weighted by molar-refractivity contribution is 5.87. The quantitative estimate of drug-likeness (QED) is 0.163. The Balaban J connectivity index is 1.13. The van der Waals surface area contributed by atoms with Gasteiger partial charge in [0, 0.05) is 34.5 Å². The van der Waals surface area contributed by atoms with Crippen molar-refractivity contribution in [1.29, 1.82) is 5.26 Å². The van der Waals surface area contributed by atoms with E-state index in [-0.39, 0.29) is 5.41 Å². The minimum Gasteiger partial charge on any atom is -0.264 e. The predicted molar refractivity (Wildman–Crippen MR) is 240 cm³/mol. The Morgan fingerprint density at radius 2 is 0.898 bits per heavy atom. The van der Waals surface area contributed by atoms with Crippen LogP contribution in [-0.2, 0) is 5.41 Å². The molecule has 2 aromatic heterocycles. The average molecular weight is 755 g/mol. The number of hydrogen-bond donors (Lipinski definition) is 0. The molecule has 10 rings (SSSR count). The zero-order valence-corrected chi connectivity index (χ0v) is 32.8. The molecule has 0 unspecified atom stereocenters. The lowest BCUT2D eigenvalue weighted by Crippen LogP contribution is -2.15. The van der Waals surface area contributed by atoms with Gasteiger partial charge in [0.15, 0.2) is 5.82 Å². The molecule has 0 spiro atoms. The minimum absolute atomic E-state index is 0.266. The SMILES string of the molecule is CC1(C)c2cc(C#N)ccc2-c2ccc(-c3cc(-c4ccc(-c5cccnc5)cc4)cc(-c4cc(-c5ccc(-c6ccccc6)cc5)nc(-c5ccccc5)n4)c3)cc21. The number of nitrogens with zero attached hydrogens (tertiary/aromatic N) is 4. The van der Waals surface area contributed by atoms with Gasteiger partial charge in [-0.05, 0) is 115 Å². The molecule has 0 amide bonds. The Labute approximate surface area is 344 Å². The van der Waals surface area contributed by atoms with Crippen molar-refractivity contribution < 1.29 is 0 Å². The van der Waals surface area contributed by atoms with Crippen LogP contribution in [0.5, 0.6) is 0 Å². The van der Waals surface area contributed by atoms with E-state index in [2.05, 4.69) is 170 Å². The van der Waals surface area contributed by atoms with Gasteiger partial charge in [-0.15, -0.1) is 0 Å². The van der Waals surface area contributed by atoms with Crippen LogP contribution < -0.4 is 0 Å². The molecule has 1 aliphatic carbocycles. The molecule has 0 saturated heterocycles. The highest BCUT2D eigenvalue weighted by Gasteiger charge is 2.36. The van der Waals surface area contributed by atoms with Crippen molar-refractivity contribution in [3.05, 3.63) is 211 Å². The number of aromatic nitrogens is 3. The molecule has 7 aromatic carbocycles. The molecule has 278 valence electrons. The van der Waals surface area contributed by atoms with Crippen LogP contribution in [0.2, 0.25) is 0 Å². The van der Waals surface area contributed by atoms with Gasteiger partial charge in [-0.1, -0.05) is 147 Å². The first-order valence-corrected chi connectivity index (χ1v) is 19.9. The Morgan fingerprint density at radius 1 is 0.407 bits per heavy atom. The zero-order chi connectivity index (χ0) is 39.9. The molecular weight excluding hydrogens is 717 g/mol. The Hall–Kier alpha value is -7.74. The molecule has 2 heterocycles. The molecule has 1 aliphatic rings. The van der Waals surface area contributed by atoms with Crippen molar-refractivity contribution in [1.82, 2.24) is 15.0 Å². The lowest BCUT2D eigenvalue weighted by atomic mass is 9.81. The first kappa shape index (κ1) is 35.7. The van der Waals surface area contributed by atoms with Crippen LogP contribution in [-0.4, -0.2) is 15.0 Å². The van der Waals surface area contributed by atoms with E-state index in [1.807, 2.05) is 42.6 Å². The Bertz CT molecular complexity index is 3040. The Kier molecular flexibility index (Phi) is 8.85. The molecule has 0 fully saturated rings. The maximum atomic E-state index is 9.72. The summed E-state index contributed by atoms with van der Waals surface area (Å²) in [6.45, 7) is 4.52. The Morgan fingerprint density at radius 3 is 1.54 bits per heavy atom. The summed E-state index contributed by atoms with van der Waals surface area (Å²) >= 11 is 0. The summed E-state index contributed by atoms with van der Waals surface area (Å²) in [5, 5.41) is 9.72. The fourth-order valence-electron chi connectivity index (χ4n) is 8.41. The summed E-state index contributed by atoms with van der Waals surface area (Å²) < 4.78 is 0. The van der Waals surface area contributed by atoms with Crippen LogP contribution in [0.3, 0.4) is 0 Å². The fraction of sp³-hybridized carbons (Fsp3) is 0.0545. The number of pyridine rings is 1. The summed E-state index contributed by atoms with van der Waals surface area (Å²) in [6, 6.07) is 66.2. The van der Waals surface area contributed by atoms with E-state index < -0.39 is 0 Å². The molecule has 0 radical (unpaired) electrons. The summed E-state index contributed by atoms with van der Waals surface area (Å²) in [5.41, 5.74) is 18.9. The van der Waals surface area contributed by atoms with E-state index in [9.17, 15) is 5.26 Å². The zero-order valence-electron chi connectivity index (χ0n) is 32.8. The van der Waals surface area contributed by atoms with E-state index in [0.29, 0.717) is 11.4 Å². The molecule has 0 N–H and O–H groups in total.